The number of hydrogen-bond donors (Lipinski definition) is 1. The van der Waals surface area contributed by atoms with Crippen LogP contribution in [0.15, 0.2) is 0 Å². The van der Waals surface area contributed by atoms with Crippen molar-refractivity contribution >= 4 is 18.3 Å². The van der Waals surface area contributed by atoms with Crippen molar-refractivity contribution in [2.24, 2.45) is 11.1 Å². The second-order valence-electron chi connectivity index (χ2n) is 5.75. The molecule has 0 spiro atoms. The van der Waals surface area contributed by atoms with Crippen molar-refractivity contribution < 1.29 is 4.79 Å². The van der Waals surface area contributed by atoms with Gasteiger partial charge in [-0.3, -0.25) is 4.79 Å². The lowest BCUT2D eigenvalue weighted by molar-refractivity contribution is -0.141. The number of likely N-dealkylation sites (tertiary alicyclic amines) is 1. The Labute approximate surface area is 117 Å². The number of hydrogen-bond acceptors (Lipinski definition) is 2. The predicted octanol–water partition coefficient (Wildman–Crippen LogP) is 2.72. The summed E-state index contributed by atoms with van der Waals surface area (Å²) < 4.78 is 0. The fraction of sp³-hybridized carbons (Fsp3) is 0.929. The molecule has 0 aromatic carbocycles. The van der Waals surface area contributed by atoms with E-state index in [0.29, 0.717) is 12.5 Å². The Morgan fingerprint density at radius 1 is 0.944 bits per heavy atom. The minimum absolute atomic E-state index is 0. The lowest BCUT2D eigenvalue weighted by atomic mass is 9.84. The van der Waals surface area contributed by atoms with Crippen LogP contribution in [0.3, 0.4) is 0 Å². The Kier molecular flexibility index (Phi) is 6.44. The first-order valence-electron chi connectivity index (χ1n) is 7.28. The monoisotopic (exact) mass is 274 g/mol. The summed E-state index contributed by atoms with van der Waals surface area (Å²) >= 11 is 0. The molecule has 2 fully saturated rings. The van der Waals surface area contributed by atoms with E-state index in [1.165, 1.54) is 44.9 Å². The average Bonchev–Trinajstić information content (AvgIpc) is 2.77. The van der Waals surface area contributed by atoms with E-state index in [-0.39, 0.29) is 17.8 Å². The van der Waals surface area contributed by atoms with E-state index < -0.39 is 0 Å². The van der Waals surface area contributed by atoms with Gasteiger partial charge in [0.25, 0.3) is 0 Å². The van der Waals surface area contributed by atoms with Gasteiger partial charge in [0.2, 0.25) is 5.91 Å². The van der Waals surface area contributed by atoms with Crippen LogP contribution in [0.5, 0.6) is 0 Å². The van der Waals surface area contributed by atoms with Gasteiger partial charge >= 0.3 is 0 Å². The van der Waals surface area contributed by atoms with E-state index in [2.05, 4.69) is 4.90 Å². The molecule has 1 heterocycles. The standard InChI is InChI=1S/C14H26N2O.ClH/c15-12-14(8-4-5-9-14)13(17)16-10-6-2-1-3-7-11-16;/h1-12,15H2;1H. The summed E-state index contributed by atoms with van der Waals surface area (Å²) in [5, 5.41) is 0. The van der Waals surface area contributed by atoms with Crippen LogP contribution < -0.4 is 5.73 Å². The van der Waals surface area contributed by atoms with Crippen molar-refractivity contribution in [3.63, 3.8) is 0 Å². The summed E-state index contributed by atoms with van der Waals surface area (Å²) in [5.74, 6) is 0.361. The summed E-state index contributed by atoms with van der Waals surface area (Å²) in [6, 6.07) is 0. The fourth-order valence-electron chi connectivity index (χ4n) is 3.34. The predicted molar refractivity (Wildman–Crippen MR) is 76.9 cm³/mol. The fourth-order valence-corrected chi connectivity index (χ4v) is 3.34. The second-order valence-corrected chi connectivity index (χ2v) is 5.75. The third-order valence-electron chi connectivity index (χ3n) is 4.55. The van der Waals surface area contributed by atoms with Crippen LogP contribution in [0.4, 0.5) is 0 Å². The molecule has 2 N–H and O–H groups in total. The topological polar surface area (TPSA) is 46.3 Å². The van der Waals surface area contributed by atoms with Gasteiger partial charge in [-0.05, 0) is 25.7 Å². The molecule has 0 bridgehead atoms. The Morgan fingerprint density at radius 2 is 1.44 bits per heavy atom. The molecule has 0 radical (unpaired) electrons. The number of rotatable bonds is 2. The first-order valence-corrected chi connectivity index (χ1v) is 7.28. The van der Waals surface area contributed by atoms with Crippen molar-refractivity contribution in [3.8, 4) is 0 Å². The van der Waals surface area contributed by atoms with Crippen LogP contribution in [0.1, 0.15) is 57.8 Å². The van der Waals surface area contributed by atoms with Gasteiger partial charge in [0.05, 0.1) is 5.41 Å². The zero-order valence-electron chi connectivity index (χ0n) is 11.3. The number of carbonyl (C=O) groups excluding carboxylic acids is 1. The summed E-state index contributed by atoms with van der Waals surface area (Å²) in [7, 11) is 0. The summed E-state index contributed by atoms with van der Waals surface area (Å²) in [5.41, 5.74) is 5.70. The van der Waals surface area contributed by atoms with E-state index in [4.69, 9.17) is 5.73 Å². The van der Waals surface area contributed by atoms with Gasteiger partial charge in [0.15, 0.2) is 0 Å². The molecule has 4 heteroatoms. The molecule has 1 aliphatic heterocycles. The molecule has 3 nitrogen and oxygen atoms in total. The smallest absolute Gasteiger partial charge is 0.230 e. The molecule has 2 aliphatic rings. The van der Waals surface area contributed by atoms with Gasteiger partial charge in [-0.1, -0.05) is 32.1 Å². The molecule has 1 saturated carbocycles. The first kappa shape index (κ1) is 15.8. The zero-order chi connectivity index (χ0) is 12.1. The van der Waals surface area contributed by atoms with Gasteiger partial charge < -0.3 is 10.6 Å². The first-order chi connectivity index (χ1) is 8.28. The van der Waals surface area contributed by atoms with Crippen molar-refractivity contribution in [1.29, 1.82) is 0 Å². The molecule has 0 atom stereocenters. The molecule has 0 aromatic rings. The highest BCUT2D eigenvalue weighted by Gasteiger charge is 2.42. The normalized spacial score (nSPS) is 23.9. The molecule has 18 heavy (non-hydrogen) atoms. The molecule has 106 valence electrons. The number of carbonyl (C=O) groups is 1. The van der Waals surface area contributed by atoms with Crippen LogP contribution in [0.25, 0.3) is 0 Å². The Morgan fingerprint density at radius 3 is 1.94 bits per heavy atom. The highest BCUT2D eigenvalue weighted by molar-refractivity contribution is 5.85. The van der Waals surface area contributed by atoms with Gasteiger partial charge in [-0.15, -0.1) is 12.4 Å². The molecular formula is C14H27ClN2O. The summed E-state index contributed by atoms with van der Waals surface area (Å²) in [6.45, 7) is 2.46. The summed E-state index contributed by atoms with van der Waals surface area (Å²) in [6.07, 6.45) is 10.6. The molecular weight excluding hydrogens is 248 g/mol. The third-order valence-corrected chi connectivity index (χ3v) is 4.55. The Hall–Kier alpha value is -0.280. The highest BCUT2D eigenvalue weighted by atomic mass is 35.5. The van der Waals surface area contributed by atoms with E-state index in [9.17, 15) is 4.79 Å². The van der Waals surface area contributed by atoms with Crippen LogP contribution in [-0.4, -0.2) is 30.4 Å². The molecule has 1 aliphatic carbocycles. The molecule has 1 saturated heterocycles. The van der Waals surface area contributed by atoms with Crippen molar-refractivity contribution in [2.75, 3.05) is 19.6 Å². The van der Waals surface area contributed by atoms with Crippen LogP contribution in [0.2, 0.25) is 0 Å². The number of nitrogens with two attached hydrogens (primary N) is 1. The second kappa shape index (κ2) is 7.34. The van der Waals surface area contributed by atoms with Crippen molar-refractivity contribution in [1.82, 2.24) is 4.90 Å². The van der Waals surface area contributed by atoms with Crippen LogP contribution in [-0.2, 0) is 4.79 Å². The minimum atomic E-state index is -0.195. The third kappa shape index (κ3) is 3.39. The van der Waals surface area contributed by atoms with Crippen molar-refractivity contribution in [3.05, 3.63) is 0 Å². The van der Waals surface area contributed by atoms with Gasteiger partial charge in [0.1, 0.15) is 0 Å². The number of halogens is 1. The minimum Gasteiger partial charge on any atom is -0.342 e. The largest absolute Gasteiger partial charge is 0.342 e. The van der Waals surface area contributed by atoms with Gasteiger partial charge in [-0.2, -0.15) is 0 Å². The lowest BCUT2D eigenvalue weighted by Crippen LogP contribution is -2.47. The van der Waals surface area contributed by atoms with E-state index in [1.807, 2.05) is 0 Å². The lowest BCUT2D eigenvalue weighted by Gasteiger charge is -2.34. The Balaban J connectivity index is 0.00000162. The maximum atomic E-state index is 12.7. The van der Waals surface area contributed by atoms with Crippen LogP contribution in [0, 0.1) is 5.41 Å². The SMILES string of the molecule is Cl.NCC1(C(=O)N2CCCCCCC2)CCCC1. The molecule has 2 rings (SSSR count). The zero-order valence-corrected chi connectivity index (χ0v) is 12.1. The average molecular weight is 275 g/mol. The molecule has 1 amide bonds. The highest BCUT2D eigenvalue weighted by Crippen LogP contribution is 2.39. The Bertz CT molecular complexity index is 257. The van der Waals surface area contributed by atoms with Gasteiger partial charge in [0, 0.05) is 19.6 Å². The number of nitrogens with zero attached hydrogens (tertiary/aromatic N) is 1. The quantitative estimate of drug-likeness (QED) is 0.842. The van der Waals surface area contributed by atoms with Crippen LogP contribution >= 0.6 is 12.4 Å². The maximum absolute atomic E-state index is 12.7. The summed E-state index contributed by atoms with van der Waals surface area (Å²) in [4.78, 5) is 14.8. The number of amides is 1. The van der Waals surface area contributed by atoms with E-state index >= 15 is 0 Å². The van der Waals surface area contributed by atoms with Crippen molar-refractivity contribution in [2.45, 2.75) is 57.8 Å². The molecule has 0 unspecified atom stereocenters. The van der Waals surface area contributed by atoms with Gasteiger partial charge in [-0.25, -0.2) is 0 Å². The van der Waals surface area contributed by atoms with E-state index in [0.717, 1.165) is 25.9 Å². The van der Waals surface area contributed by atoms with E-state index in [1.54, 1.807) is 0 Å². The maximum Gasteiger partial charge on any atom is 0.230 e. The molecule has 0 aromatic heterocycles.